The molecule has 0 aromatic rings. The summed E-state index contributed by atoms with van der Waals surface area (Å²) in [6, 6.07) is 0.231. The highest BCUT2D eigenvalue weighted by molar-refractivity contribution is 5.73. The summed E-state index contributed by atoms with van der Waals surface area (Å²) in [7, 11) is 1.41. The molecule has 9 heavy (non-hydrogen) atoms. The third-order valence-electron chi connectivity index (χ3n) is 1.71. The molecule has 1 rings (SSSR count). The van der Waals surface area contributed by atoms with Crippen LogP contribution in [0, 0.1) is 5.92 Å². The Balaban J connectivity index is 2.23. The van der Waals surface area contributed by atoms with Gasteiger partial charge in [-0.1, -0.05) is 0 Å². The molecular formula is C6H11NO2. The number of methoxy groups -OCH3 is 1. The third kappa shape index (κ3) is 1.21. The van der Waals surface area contributed by atoms with Gasteiger partial charge in [0, 0.05) is 6.04 Å². The number of carbonyl (C=O) groups excluding carboxylic acids is 1. The van der Waals surface area contributed by atoms with Crippen LogP contribution in [0.15, 0.2) is 0 Å². The van der Waals surface area contributed by atoms with E-state index in [0.29, 0.717) is 0 Å². The average Bonchev–Trinajstić information content (AvgIpc) is 1.79. The van der Waals surface area contributed by atoms with Crippen LogP contribution in [0.2, 0.25) is 0 Å². The van der Waals surface area contributed by atoms with E-state index < -0.39 is 0 Å². The van der Waals surface area contributed by atoms with Crippen LogP contribution in [0.4, 0.5) is 0 Å². The van der Waals surface area contributed by atoms with Gasteiger partial charge in [0.15, 0.2) is 0 Å². The van der Waals surface area contributed by atoms with Crippen molar-refractivity contribution in [1.29, 1.82) is 0 Å². The molecule has 0 spiro atoms. The first-order valence-electron chi connectivity index (χ1n) is 3.07. The summed E-state index contributed by atoms with van der Waals surface area (Å²) in [5.41, 5.74) is 5.45. The van der Waals surface area contributed by atoms with E-state index in [1.54, 1.807) is 0 Å². The first-order chi connectivity index (χ1) is 4.24. The monoisotopic (exact) mass is 129 g/mol. The van der Waals surface area contributed by atoms with E-state index in [2.05, 4.69) is 4.74 Å². The predicted octanol–water partition coefficient (Wildman–Crippen LogP) is -0.103. The van der Waals surface area contributed by atoms with E-state index in [-0.39, 0.29) is 17.9 Å². The first kappa shape index (κ1) is 6.55. The Labute approximate surface area is 54.2 Å². The second kappa shape index (κ2) is 2.35. The summed E-state index contributed by atoms with van der Waals surface area (Å²) in [6.07, 6.45) is 1.60. The summed E-state index contributed by atoms with van der Waals surface area (Å²) in [6.45, 7) is 0. The molecule has 52 valence electrons. The number of hydrogen-bond acceptors (Lipinski definition) is 3. The van der Waals surface area contributed by atoms with E-state index >= 15 is 0 Å². The van der Waals surface area contributed by atoms with E-state index in [4.69, 9.17) is 5.73 Å². The van der Waals surface area contributed by atoms with Gasteiger partial charge in [0.05, 0.1) is 13.0 Å². The minimum atomic E-state index is -0.114. The molecule has 1 aliphatic rings. The lowest BCUT2D eigenvalue weighted by Crippen LogP contribution is -2.40. The summed E-state index contributed by atoms with van der Waals surface area (Å²) < 4.78 is 4.51. The fourth-order valence-corrected chi connectivity index (χ4v) is 1.02. The van der Waals surface area contributed by atoms with E-state index in [1.165, 1.54) is 7.11 Å². The molecule has 0 aromatic heterocycles. The number of esters is 1. The number of carbonyl (C=O) groups is 1. The normalized spacial score (nSPS) is 33.1. The lowest BCUT2D eigenvalue weighted by atomic mass is 9.81. The van der Waals surface area contributed by atoms with Crippen molar-refractivity contribution < 1.29 is 9.53 Å². The highest BCUT2D eigenvalue weighted by atomic mass is 16.5. The second-order valence-electron chi connectivity index (χ2n) is 2.45. The lowest BCUT2D eigenvalue weighted by Gasteiger charge is -2.29. The average molecular weight is 129 g/mol. The minimum Gasteiger partial charge on any atom is -0.469 e. The van der Waals surface area contributed by atoms with Crippen molar-refractivity contribution in [2.24, 2.45) is 11.7 Å². The van der Waals surface area contributed by atoms with Crippen LogP contribution in [-0.4, -0.2) is 19.1 Å². The predicted molar refractivity (Wildman–Crippen MR) is 32.7 cm³/mol. The van der Waals surface area contributed by atoms with E-state index in [1.807, 2.05) is 0 Å². The van der Waals surface area contributed by atoms with E-state index in [0.717, 1.165) is 12.8 Å². The molecule has 0 aromatic carbocycles. The summed E-state index contributed by atoms with van der Waals surface area (Å²) in [5.74, 6) is -0.0262. The molecule has 2 N–H and O–H groups in total. The van der Waals surface area contributed by atoms with Crippen LogP contribution in [0.5, 0.6) is 0 Å². The smallest absolute Gasteiger partial charge is 0.308 e. The van der Waals surface area contributed by atoms with Crippen LogP contribution >= 0.6 is 0 Å². The summed E-state index contributed by atoms with van der Waals surface area (Å²) in [5, 5.41) is 0. The van der Waals surface area contributed by atoms with Crippen molar-refractivity contribution in [2.75, 3.05) is 7.11 Å². The van der Waals surface area contributed by atoms with Gasteiger partial charge < -0.3 is 10.5 Å². The van der Waals surface area contributed by atoms with Crippen LogP contribution in [0.1, 0.15) is 12.8 Å². The molecule has 1 aliphatic carbocycles. The number of rotatable bonds is 1. The number of ether oxygens (including phenoxy) is 1. The van der Waals surface area contributed by atoms with Gasteiger partial charge in [-0.05, 0) is 12.8 Å². The molecule has 0 aliphatic heterocycles. The Hall–Kier alpha value is -0.570. The zero-order valence-electron chi connectivity index (χ0n) is 5.46. The van der Waals surface area contributed by atoms with E-state index in [9.17, 15) is 4.79 Å². The van der Waals surface area contributed by atoms with Gasteiger partial charge in [0.25, 0.3) is 0 Å². The maximum atomic E-state index is 10.7. The van der Waals surface area contributed by atoms with Crippen LogP contribution in [0.25, 0.3) is 0 Å². The molecular weight excluding hydrogens is 118 g/mol. The first-order valence-corrected chi connectivity index (χ1v) is 3.07. The highest BCUT2D eigenvalue weighted by Crippen LogP contribution is 2.26. The fraction of sp³-hybridized carbons (Fsp3) is 0.833. The Morgan fingerprint density at radius 3 is 2.56 bits per heavy atom. The van der Waals surface area contributed by atoms with Gasteiger partial charge in [-0.3, -0.25) is 4.79 Å². The topological polar surface area (TPSA) is 52.3 Å². The highest BCUT2D eigenvalue weighted by Gasteiger charge is 2.32. The second-order valence-corrected chi connectivity index (χ2v) is 2.45. The molecule has 0 amide bonds. The molecule has 0 atom stereocenters. The minimum absolute atomic E-state index is 0.0880. The molecule has 0 bridgehead atoms. The molecule has 3 heteroatoms. The van der Waals surface area contributed by atoms with Crippen molar-refractivity contribution in [3.8, 4) is 0 Å². The molecule has 0 radical (unpaired) electrons. The SMILES string of the molecule is COC(=O)C1CC(N)C1. The Morgan fingerprint density at radius 1 is 1.67 bits per heavy atom. The van der Waals surface area contributed by atoms with Crippen LogP contribution < -0.4 is 5.73 Å². The molecule has 0 heterocycles. The van der Waals surface area contributed by atoms with Crippen molar-refractivity contribution in [1.82, 2.24) is 0 Å². The Morgan fingerprint density at radius 2 is 2.22 bits per heavy atom. The summed E-state index contributed by atoms with van der Waals surface area (Å²) in [4.78, 5) is 10.7. The van der Waals surface area contributed by atoms with Gasteiger partial charge in [0.1, 0.15) is 0 Å². The van der Waals surface area contributed by atoms with Crippen molar-refractivity contribution in [3.63, 3.8) is 0 Å². The molecule has 0 saturated heterocycles. The Bertz CT molecular complexity index is 118. The van der Waals surface area contributed by atoms with Crippen LogP contribution in [0.3, 0.4) is 0 Å². The van der Waals surface area contributed by atoms with Crippen molar-refractivity contribution in [3.05, 3.63) is 0 Å². The van der Waals surface area contributed by atoms with Gasteiger partial charge in [0.2, 0.25) is 0 Å². The molecule has 1 fully saturated rings. The maximum Gasteiger partial charge on any atom is 0.308 e. The standard InChI is InChI=1S/C6H11NO2/c1-9-6(8)4-2-5(7)3-4/h4-5H,2-3,7H2,1H3. The number of nitrogens with two attached hydrogens (primary N) is 1. The summed E-state index contributed by atoms with van der Waals surface area (Å²) >= 11 is 0. The molecule has 1 saturated carbocycles. The molecule has 0 unspecified atom stereocenters. The van der Waals surface area contributed by atoms with Crippen molar-refractivity contribution >= 4 is 5.97 Å². The Kier molecular flexibility index (Phi) is 1.71. The zero-order valence-corrected chi connectivity index (χ0v) is 5.46. The third-order valence-corrected chi connectivity index (χ3v) is 1.71. The molecule has 3 nitrogen and oxygen atoms in total. The number of hydrogen-bond donors (Lipinski definition) is 1. The van der Waals surface area contributed by atoms with Gasteiger partial charge in [-0.15, -0.1) is 0 Å². The van der Waals surface area contributed by atoms with Gasteiger partial charge >= 0.3 is 5.97 Å². The maximum absolute atomic E-state index is 10.7. The fourth-order valence-electron chi connectivity index (χ4n) is 1.02. The van der Waals surface area contributed by atoms with Crippen LogP contribution in [-0.2, 0) is 9.53 Å². The largest absolute Gasteiger partial charge is 0.469 e. The lowest BCUT2D eigenvalue weighted by molar-refractivity contribution is -0.148. The quantitative estimate of drug-likeness (QED) is 0.503. The van der Waals surface area contributed by atoms with Gasteiger partial charge in [-0.25, -0.2) is 0 Å². The van der Waals surface area contributed by atoms with Gasteiger partial charge in [-0.2, -0.15) is 0 Å². The van der Waals surface area contributed by atoms with Crippen molar-refractivity contribution in [2.45, 2.75) is 18.9 Å². The zero-order chi connectivity index (χ0) is 6.85.